The van der Waals surface area contributed by atoms with Gasteiger partial charge >= 0.3 is 6.09 Å². The second kappa shape index (κ2) is 8.13. The highest BCUT2D eigenvalue weighted by Crippen LogP contribution is 2.42. The number of imide groups is 1. The number of nitrogens with zero attached hydrogens (tertiary/aromatic N) is 2. The Morgan fingerprint density at radius 2 is 1.53 bits per heavy atom. The maximum atomic E-state index is 13.7. The summed E-state index contributed by atoms with van der Waals surface area (Å²) in [6, 6.07) is 26.0. The number of ether oxygens (including phenoxy) is 1. The minimum atomic E-state index is -1.09. The van der Waals surface area contributed by atoms with E-state index in [-0.39, 0.29) is 13.0 Å². The number of carbonyl (C=O) groups excluding carboxylic acids is 2. The Kier molecular flexibility index (Phi) is 5.15. The molecule has 0 radical (unpaired) electrons. The van der Waals surface area contributed by atoms with Crippen LogP contribution < -0.4 is 0 Å². The van der Waals surface area contributed by atoms with Crippen LogP contribution in [-0.4, -0.2) is 35.3 Å². The lowest BCUT2D eigenvalue weighted by atomic mass is 9.82. The van der Waals surface area contributed by atoms with Gasteiger partial charge in [-0.25, -0.2) is 9.69 Å². The second-order valence-electron chi connectivity index (χ2n) is 7.66. The van der Waals surface area contributed by atoms with Crippen LogP contribution in [-0.2, 0) is 19.9 Å². The molecular weight excluding hydrogens is 428 g/mol. The van der Waals surface area contributed by atoms with Gasteiger partial charge < -0.3 is 9.57 Å². The first-order chi connectivity index (χ1) is 15.6. The van der Waals surface area contributed by atoms with Crippen LogP contribution in [0.2, 0.25) is 5.02 Å². The molecule has 3 aromatic rings. The number of hydrogen-bond acceptors (Lipinski definition) is 5. The number of benzene rings is 3. The summed E-state index contributed by atoms with van der Waals surface area (Å²) in [6.45, 7) is 0.0171. The molecule has 5 rings (SSSR count). The molecule has 1 atom stereocenters. The SMILES string of the molecule is O=C1OCC(c2ccccc2)(c2ccccc2)N1C(=O)C1CC(c2ccc(Cl)cc2)=NO1. The van der Waals surface area contributed by atoms with Gasteiger partial charge in [-0.1, -0.05) is 89.6 Å². The lowest BCUT2D eigenvalue weighted by molar-refractivity contribution is -0.141. The third-order valence-corrected chi connectivity index (χ3v) is 6.07. The summed E-state index contributed by atoms with van der Waals surface area (Å²) in [6.07, 6.45) is -1.39. The molecule has 2 aliphatic heterocycles. The highest BCUT2D eigenvalue weighted by Gasteiger charge is 2.55. The second-order valence-corrected chi connectivity index (χ2v) is 8.10. The molecule has 160 valence electrons. The first-order valence-electron chi connectivity index (χ1n) is 10.2. The fraction of sp³-hybridized carbons (Fsp3) is 0.160. The molecule has 2 amide bonds. The summed E-state index contributed by atoms with van der Waals surface area (Å²) in [4.78, 5) is 33.2. The van der Waals surface area contributed by atoms with E-state index in [2.05, 4.69) is 5.16 Å². The monoisotopic (exact) mass is 446 g/mol. The lowest BCUT2D eigenvalue weighted by Crippen LogP contribution is -2.52. The van der Waals surface area contributed by atoms with Crippen molar-refractivity contribution in [2.45, 2.75) is 18.1 Å². The van der Waals surface area contributed by atoms with Crippen molar-refractivity contribution in [3.8, 4) is 0 Å². The van der Waals surface area contributed by atoms with E-state index in [1.165, 1.54) is 4.90 Å². The van der Waals surface area contributed by atoms with Gasteiger partial charge in [0.05, 0.1) is 5.71 Å². The minimum absolute atomic E-state index is 0.0171. The van der Waals surface area contributed by atoms with Crippen LogP contribution >= 0.6 is 11.6 Å². The summed E-state index contributed by atoms with van der Waals surface area (Å²) >= 11 is 5.96. The Labute approximate surface area is 190 Å². The standard InChI is InChI=1S/C25H19ClN2O4/c26-20-13-11-17(12-14-20)21-15-22(32-27-21)23(29)28-24(30)31-16-25(28,18-7-3-1-4-8-18)19-9-5-2-6-10-19/h1-14,22H,15-16H2. The number of oxime groups is 1. The molecule has 0 bridgehead atoms. The fourth-order valence-corrected chi connectivity index (χ4v) is 4.34. The van der Waals surface area contributed by atoms with Crippen LogP contribution in [0.3, 0.4) is 0 Å². The normalized spacial score (nSPS) is 19.3. The van der Waals surface area contributed by atoms with Gasteiger partial charge in [-0.2, -0.15) is 0 Å². The van der Waals surface area contributed by atoms with Gasteiger partial charge in [-0.15, -0.1) is 0 Å². The molecule has 0 spiro atoms. The van der Waals surface area contributed by atoms with Crippen molar-refractivity contribution >= 4 is 29.3 Å². The molecule has 7 heteroatoms. The highest BCUT2D eigenvalue weighted by atomic mass is 35.5. The molecule has 6 nitrogen and oxygen atoms in total. The first-order valence-corrected chi connectivity index (χ1v) is 10.6. The zero-order chi connectivity index (χ0) is 22.1. The summed E-state index contributed by atoms with van der Waals surface area (Å²) in [7, 11) is 0. The van der Waals surface area contributed by atoms with Crippen molar-refractivity contribution in [2.24, 2.45) is 5.16 Å². The van der Waals surface area contributed by atoms with Gasteiger partial charge in [0.25, 0.3) is 5.91 Å². The zero-order valence-electron chi connectivity index (χ0n) is 17.0. The van der Waals surface area contributed by atoms with Crippen LogP contribution in [0.1, 0.15) is 23.1 Å². The summed E-state index contributed by atoms with van der Waals surface area (Å²) < 4.78 is 5.45. The van der Waals surface area contributed by atoms with Crippen LogP contribution in [0.25, 0.3) is 0 Å². The largest absolute Gasteiger partial charge is 0.446 e. The predicted molar refractivity (Wildman–Crippen MR) is 119 cm³/mol. The molecule has 1 unspecified atom stereocenters. The van der Waals surface area contributed by atoms with Crippen LogP contribution in [0.4, 0.5) is 4.79 Å². The lowest BCUT2D eigenvalue weighted by Gasteiger charge is -2.35. The number of amides is 2. The summed E-state index contributed by atoms with van der Waals surface area (Å²) in [5.41, 5.74) is 1.90. The smallest absolute Gasteiger partial charge is 0.417 e. The van der Waals surface area contributed by atoms with Crippen molar-refractivity contribution in [3.63, 3.8) is 0 Å². The highest BCUT2D eigenvalue weighted by molar-refractivity contribution is 6.30. The number of rotatable bonds is 4. The van der Waals surface area contributed by atoms with Crippen molar-refractivity contribution in [1.82, 2.24) is 4.90 Å². The maximum absolute atomic E-state index is 13.7. The number of hydrogen-bond donors (Lipinski definition) is 0. The quantitative estimate of drug-likeness (QED) is 0.579. The average Bonchev–Trinajstić information content (AvgIpc) is 3.46. The van der Waals surface area contributed by atoms with E-state index < -0.39 is 23.6 Å². The van der Waals surface area contributed by atoms with Crippen LogP contribution in [0.15, 0.2) is 90.1 Å². The maximum Gasteiger partial charge on any atom is 0.417 e. The van der Waals surface area contributed by atoms with Gasteiger partial charge in [0.2, 0.25) is 6.10 Å². The molecule has 1 fully saturated rings. The zero-order valence-corrected chi connectivity index (χ0v) is 17.7. The third kappa shape index (κ3) is 3.33. The molecule has 0 aliphatic carbocycles. The van der Waals surface area contributed by atoms with Crippen molar-refractivity contribution in [1.29, 1.82) is 0 Å². The third-order valence-electron chi connectivity index (χ3n) is 5.81. The van der Waals surface area contributed by atoms with E-state index >= 15 is 0 Å². The Bertz CT molecular complexity index is 1140. The number of halogens is 1. The van der Waals surface area contributed by atoms with E-state index in [9.17, 15) is 9.59 Å². The molecule has 2 heterocycles. The molecule has 0 N–H and O–H groups in total. The number of cyclic esters (lactones) is 1. The van der Waals surface area contributed by atoms with Crippen LogP contribution in [0.5, 0.6) is 0 Å². The van der Waals surface area contributed by atoms with Gasteiger partial charge in [-0.05, 0) is 28.8 Å². The summed E-state index contributed by atoms with van der Waals surface area (Å²) in [5.74, 6) is -0.493. The molecule has 3 aromatic carbocycles. The van der Waals surface area contributed by atoms with E-state index in [0.29, 0.717) is 10.7 Å². The Morgan fingerprint density at radius 3 is 2.12 bits per heavy atom. The van der Waals surface area contributed by atoms with Crippen molar-refractivity contribution in [2.75, 3.05) is 6.61 Å². The first kappa shape index (κ1) is 20.3. The molecule has 0 saturated carbocycles. The minimum Gasteiger partial charge on any atom is -0.446 e. The van der Waals surface area contributed by atoms with Gasteiger partial charge in [0.15, 0.2) is 0 Å². The van der Waals surface area contributed by atoms with Gasteiger partial charge in [0.1, 0.15) is 12.1 Å². The predicted octanol–water partition coefficient (Wildman–Crippen LogP) is 4.76. The van der Waals surface area contributed by atoms with E-state index in [4.69, 9.17) is 21.2 Å². The van der Waals surface area contributed by atoms with Gasteiger partial charge in [0, 0.05) is 11.4 Å². The average molecular weight is 447 g/mol. The summed E-state index contributed by atoms with van der Waals surface area (Å²) in [5, 5.41) is 4.71. The molecule has 2 aliphatic rings. The van der Waals surface area contributed by atoms with E-state index in [0.717, 1.165) is 16.7 Å². The van der Waals surface area contributed by atoms with E-state index in [1.807, 2.05) is 72.8 Å². The Hall–Kier alpha value is -3.64. The molecule has 0 aromatic heterocycles. The van der Waals surface area contributed by atoms with E-state index in [1.54, 1.807) is 12.1 Å². The number of carbonyl (C=O) groups is 2. The molecule has 1 saturated heterocycles. The Morgan fingerprint density at radius 1 is 0.938 bits per heavy atom. The van der Waals surface area contributed by atoms with Crippen molar-refractivity contribution < 1.29 is 19.2 Å². The topological polar surface area (TPSA) is 68.2 Å². The Balaban J connectivity index is 1.50. The molecule has 32 heavy (non-hydrogen) atoms. The fourth-order valence-electron chi connectivity index (χ4n) is 4.22. The van der Waals surface area contributed by atoms with Crippen molar-refractivity contribution in [3.05, 3.63) is 107 Å². The van der Waals surface area contributed by atoms with Crippen LogP contribution in [0, 0.1) is 0 Å². The molecular formula is C25H19ClN2O4. The van der Waals surface area contributed by atoms with Gasteiger partial charge in [-0.3, -0.25) is 4.79 Å².